The third-order valence-electron chi connectivity index (χ3n) is 6.74. The van der Waals surface area contributed by atoms with Gasteiger partial charge in [0.2, 0.25) is 0 Å². The molecule has 0 fully saturated rings. The van der Waals surface area contributed by atoms with E-state index >= 15 is 0 Å². The molecule has 1 atom stereocenters. The molecule has 31 heavy (non-hydrogen) atoms. The summed E-state index contributed by atoms with van der Waals surface area (Å²) in [7, 11) is 0. The molecular formula is C30H29N. The first-order valence-electron chi connectivity index (χ1n) is 11.2. The highest BCUT2D eigenvalue weighted by Crippen LogP contribution is 2.38. The lowest BCUT2D eigenvalue weighted by atomic mass is 9.85. The molecule has 1 nitrogen and oxygen atoms in total. The van der Waals surface area contributed by atoms with Gasteiger partial charge in [0, 0.05) is 17.9 Å². The maximum atomic E-state index is 5.28. The summed E-state index contributed by atoms with van der Waals surface area (Å²) in [6.45, 7) is 11.2. The average Bonchev–Trinajstić information content (AvgIpc) is 3.08. The van der Waals surface area contributed by atoms with Gasteiger partial charge in [-0.25, -0.2) is 0 Å². The molecule has 0 bridgehead atoms. The van der Waals surface area contributed by atoms with Crippen molar-refractivity contribution in [3.05, 3.63) is 111 Å². The summed E-state index contributed by atoms with van der Waals surface area (Å²) in [6, 6.07) is 24.5. The van der Waals surface area contributed by atoms with Crippen LogP contribution in [0.2, 0.25) is 0 Å². The molecule has 4 aromatic rings. The lowest BCUT2D eigenvalue weighted by Crippen LogP contribution is -2.04. The van der Waals surface area contributed by atoms with Crippen molar-refractivity contribution in [3.63, 3.8) is 0 Å². The number of aryl methyl sites for hydroxylation is 4. The van der Waals surface area contributed by atoms with Gasteiger partial charge in [0.1, 0.15) is 0 Å². The van der Waals surface area contributed by atoms with Crippen LogP contribution in [0.5, 0.6) is 0 Å². The minimum atomic E-state index is 0.291. The van der Waals surface area contributed by atoms with Crippen LogP contribution >= 0.6 is 0 Å². The van der Waals surface area contributed by atoms with Crippen molar-refractivity contribution in [3.8, 4) is 0 Å². The zero-order valence-electron chi connectivity index (χ0n) is 19.1. The van der Waals surface area contributed by atoms with Crippen LogP contribution in [-0.4, -0.2) is 5.71 Å². The molecule has 0 amide bonds. The Hall–Kier alpha value is -3.19. The van der Waals surface area contributed by atoms with Crippen molar-refractivity contribution in [1.29, 1.82) is 0 Å². The van der Waals surface area contributed by atoms with E-state index in [1.165, 1.54) is 61.0 Å². The standard InChI is InChI=1S/C30H29N/c1-18-12-13-27(26(16-18)22(5)29-20(3)14-19(2)15-21(29)4)31-28-17-24-10-6-8-23-9-7-11-25(28)30(23)24/h6-16,22H,17H2,1-5H3/b31-28-/t22-/m0/s1. The fourth-order valence-corrected chi connectivity index (χ4v) is 5.48. The smallest absolute Gasteiger partial charge is 0.0671 e. The molecule has 0 aliphatic heterocycles. The highest BCUT2D eigenvalue weighted by molar-refractivity contribution is 6.18. The van der Waals surface area contributed by atoms with Crippen LogP contribution in [0.15, 0.2) is 71.7 Å². The molecule has 5 rings (SSSR count). The molecule has 0 unspecified atom stereocenters. The van der Waals surface area contributed by atoms with Crippen LogP contribution in [0.25, 0.3) is 10.8 Å². The molecular weight excluding hydrogens is 374 g/mol. The lowest BCUT2D eigenvalue weighted by Gasteiger charge is -2.21. The fraction of sp³-hybridized carbons (Fsp3) is 0.233. The highest BCUT2D eigenvalue weighted by Gasteiger charge is 2.22. The topological polar surface area (TPSA) is 12.4 Å². The molecule has 1 aliphatic rings. The van der Waals surface area contributed by atoms with Gasteiger partial charge in [0.15, 0.2) is 0 Å². The minimum Gasteiger partial charge on any atom is -0.252 e. The Morgan fingerprint density at radius 3 is 2.23 bits per heavy atom. The maximum Gasteiger partial charge on any atom is 0.0671 e. The second-order valence-corrected chi connectivity index (χ2v) is 9.15. The van der Waals surface area contributed by atoms with E-state index in [0.29, 0.717) is 5.92 Å². The Kier molecular flexibility index (Phi) is 4.78. The molecule has 154 valence electrons. The lowest BCUT2D eigenvalue weighted by molar-refractivity contribution is 0.894. The second kappa shape index (κ2) is 7.50. The van der Waals surface area contributed by atoms with Crippen molar-refractivity contribution >= 4 is 22.2 Å². The Balaban J connectivity index is 1.65. The normalized spacial score (nSPS) is 15.1. The summed E-state index contributed by atoms with van der Waals surface area (Å²) in [6.07, 6.45) is 0.904. The molecule has 4 aromatic carbocycles. The predicted molar refractivity (Wildman–Crippen MR) is 133 cm³/mol. The van der Waals surface area contributed by atoms with Gasteiger partial charge in [-0.3, -0.25) is 4.99 Å². The monoisotopic (exact) mass is 403 g/mol. The molecule has 0 radical (unpaired) electrons. The van der Waals surface area contributed by atoms with Crippen LogP contribution in [-0.2, 0) is 6.42 Å². The third kappa shape index (κ3) is 3.39. The zero-order valence-corrected chi connectivity index (χ0v) is 19.1. The zero-order chi connectivity index (χ0) is 21.7. The first kappa shape index (κ1) is 19.8. The van der Waals surface area contributed by atoms with Crippen LogP contribution in [0, 0.1) is 27.7 Å². The highest BCUT2D eigenvalue weighted by atomic mass is 14.8. The van der Waals surface area contributed by atoms with E-state index in [4.69, 9.17) is 4.99 Å². The SMILES string of the molecule is Cc1cc(C)c([C@@H](C)c2cc(C)ccc2/N=C2/Cc3cccc4cccc2c34)c(C)c1. The molecule has 0 aromatic heterocycles. The van der Waals surface area contributed by atoms with E-state index in [2.05, 4.69) is 101 Å². The van der Waals surface area contributed by atoms with Gasteiger partial charge in [0.05, 0.1) is 11.4 Å². The van der Waals surface area contributed by atoms with Gasteiger partial charge in [-0.1, -0.05) is 78.7 Å². The van der Waals surface area contributed by atoms with Crippen molar-refractivity contribution in [2.75, 3.05) is 0 Å². The Morgan fingerprint density at radius 1 is 0.774 bits per heavy atom. The van der Waals surface area contributed by atoms with Crippen LogP contribution in [0.4, 0.5) is 5.69 Å². The van der Waals surface area contributed by atoms with Gasteiger partial charge in [-0.2, -0.15) is 0 Å². The number of benzene rings is 4. The first-order valence-corrected chi connectivity index (χ1v) is 11.2. The summed E-state index contributed by atoms with van der Waals surface area (Å²) in [5, 5.41) is 2.68. The third-order valence-corrected chi connectivity index (χ3v) is 6.74. The number of hydrogen-bond acceptors (Lipinski definition) is 1. The van der Waals surface area contributed by atoms with E-state index < -0.39 is 0 Å². The fourth-order valence-electron chi connectivity index (χ4n) is 5.48. The van der Waals surface area contributed by atoms with Crippen LogP contribution in [0.1, 0.15) is 57.3 Å². The minimum absolute atomic E-state index is 0.291. The molecule has 0 N–H and O–H groups in total. The number of nitrogens with zero attached hydrogens (tertiary/aromatic N) is 1. The van der Waals surface area contributed by atoms with E-state index in [1.807, 2.05) is 0 Å². The van der Waals surface area contributed by atoms with Crippen molar-refractivity contribution < 1.29 is 0 Å². The summed E-state index contributed by atoms with van der Waals surface area (Å²) in [4.78, 5) is 5.28. The summed E-state index contributed by atoms with van der Waals surface area (Å²) in [5.74, 6) is 0.291. The summed E-state index contributed by atoms with van der Waals surface area (Å²) >= 11 is 0. The molecule has 0 spiro atoms. The Labute approximate surface area is 185 Å². The number of hydrogen-bond donors (Lipinski definition) is 0. The van der Waals surface area contributed by atoms with E-state index in [1.54, 1.807) is 0 Å². The van der Waals surface area contributed by atoms with Gasteiger partial charge in [0.25, 0.3) is 0 Å². The Bertz CT molecular complexity index is 1330. The maximum absolute atomic E-state index is 5.28. The second-order valence-electron chi connectivity index (χ2n) is 9.15. The Morgan fingerprint density at radius 2 is 1.48 bits per heavy atom. The first-order chi connectivity index (χ1) is 14.9. The summed E-state index contributed by atoms with van der Waals surface area (Å²) in [5.41, 5.74) is 13.0. The molecule has 0 saturated carbocycles. The van der Waals surface area contributed by atoms with Crippen LogP contribution < -0.4 is 0 Å². The van der Waals surface area contributed by atoms with E-state index in [-0.39, 0.29) is 0 Å². The molecule has 1 heteroatoms. The predicted octanol–water partition coefficient (Wildman–Crippen LogP) is 7.90. The van der Waals surface area contributed by atoms with Crippen molar-refractivity contribution in [1.82, 2.24) is 0 Å². The van der Waals surface area contributed by atoms with E-state index in [9.17, 15) is 0 Å². The molecule has 0 saturated heterocycles. The van der Waals surface area contributed by atoms with Gasteiger partial charge in [-0.15, -0.1) is 0 Å². The molecule has 0 heterocycles. The van der Waals surface area contributed by atoms with Crippen molar-refractivity contribution in [2.24, 2.45) is 4.99 Å². The number of rotatable bonds is 3. The van der Waals surface area contributed by atoms with Crippen molar-refractivity contribution in [2.45, 2.75) is 47.0 Å². The van der Waals surface area contributed by atoms with Crippen LogP contribution in [0.3, 0.4) is 0 Å². The molecule has 1 aliphatic carbocycles. The number of aliphatic imine (C=N–C) groups is 1. The van der Waals surface area contributed by atoms with Gasteiger partial charge >= 0.3 is 0 Å². The van der Waals surface area contributed by atoms with E-state index in [0.717, 1.165) is 12.1 Å². The summed E-state index contributed by atoms with van der Waals surface area (Å²) < 4.78 is 0. The van der Waals surface area contributed by atoms with Gasteiger partial charge < -0.3 is 0 Å². The average molecular weight is 404 g/mol. The quantitative estimate of drug-likeness (QED) is 0.330. The van der Waals surface area contributed by atoms with Gasteiger partial charge in [-0.05, 0) is 72.4 Å². The largest absolute Gasteiger partial charge is 0.252 e.